The molecule has 0 unspecified atom stereocenters. The summed E-state index contributed by atoms with van der Waals surface area (Å²) in [5.74, 6) is 0.247. The van der Waals surface area contributed by atoms with Gasteiger partial charge in [-0.15, -0.1) is 0 Å². The van der Waals surface area contributed by atoms with Gasteiger partial charge in [0.05, 0.1) is 12.0 Å². The van der Waals surface area contributed by atoms with Gasteiger partial charge < -0.3 is 10.2 Å². The van der Waals surface area contributed by atoms with Crippen molar-refractivity contribution in [1.82, 2.24) is 4.98 Å². The van der Waals surface area contributed by atoms with Crippen LogP contribution < -0.4 is 15.4 Å². The van der Waals surface area contributed by atoms with E-state index in [0.717, 1.165) is 45.8 Å². The second-order valence-corrected chi connectivity index (χ2v) is 8.70. The number of anilines is 2. The molecule has 0 aliphatic carbocycles. The first-order valence-corrected chi connectivity index (χ1v) is 11.3. The van der Waals surface area contributed by atoms with Crippen LogP contribution in [0.4, 0.5) is 24.7 Å². The fourth-order valence-corrected chi connectivity index (χ4v) is 4.57. The normalized spacial score (nSPS) is 13.5. The lowest BCUT2D eigenvalue weighted by Crippen LogP contribution is -2.31. The van der Waals surface area contributed by atoms with Crippen molar-refractivity contribution < 1.29 is 18.0 Å². The summed E-state index contributed by atoms with van der Waals surface area (Å²) in [7, 11) is 0. The summed E-state index contributed by atoms with van der Waals surface area (Å²) in [6.07, 6.45) is -2.80. The van der Waals surface area contributed by atoms with E-state index < -0.39 is 11.7 Å². The topological polar surface area (TPSA) is 71.2 Å². The van der Waals surface area contributed by atoms with Crippen LogP contribution in [0.2, 0.25) is 5.02 Å². The zero-order valence-electron chi connectivity index (χ0n) is 17.3. The van der Waals surface area contributed by atoms with E-state index in [-0.39, 0.29) is 12.3 Å². The summed E-state index contributed by atoms with van der Waals surface area (Å²) < 4.78 is 38.5. The highest BCUT2D eigenvalue weighted by Crippen LogP contribution is 2.34. The number of nitrogens with zero attached hydrogens (tertiary/aromatic N) is 2. The van der Waals surface area contributed by atoms with Crippen molar-refractivity contribution in [3.05, 3.63) is 82.0 Å². The lowest BCUT2D eigenvalue weighted by atomic mass is 9.98. The molecule has 3 N–H and O–H groups in total. The van der Waals surface area contributed by atoms with Crippen LogP contribution in [-0.2, 0) is 30.4 Å². The fourth-order valence-electron chi connectivity index (χ4n) is 3.79. The standard InChI is InChI=1S/C23H20ClF3N4OS/c24-19-4-2-1-3-14(19)10-22(32)30-17-9-15-13-31(8-7-18(15)20(11-17)33-28)21-6-5-16(12-29-21)23(25,26)27/h1-6,9,11-12H,7-8,10,13,28H2,(H,30,32). The summed E-state index contributed by atoms with van der Waals surface area (Å²) in [6.45, 7) is 1.03. The van der Waals surface area contributed by atoms with Crippen LogP contribution in [0.1, 0.15) is 22.3 Å². The van der Waals surface area contributed by atoms with Crippen molar-refractivity contribution in [3.8, 4) is 0 Å². The molecule has 2 heterocycles. The Balaban J connectivity index is 1.53. The maximum absolute atomic E-state index is 12.8. The Morgan fingerprint density at radius 2 is 2.00 bits per heavy atom. The first kappa shape index (κ1) is 23.4. The van der Waals surface area contributed by atoms with E-state index in [2.05, 4.69) is 10.3 Å². The highest BCUT2D eigenvalue weighted by molar-refractivity contribution is 7.97. The minimum atomic E-state index is -4.43. The molecule has 0 spiro atoms. The first-order chi connectivity index (χ1) is 15.7. The van der Waals surface area contributed by atoms with Crippen molar-refractivity contribution in [3.63, 3.8) is 0 Å². The van der Waals surface area contributed by atoms with E-state index >= 15 is 0 Å². The molecule has 3 aromatic rings. The lowest BCUT2D eigenvalue weighted by Gasteiger charge is -2.31. The average molecular weight is 493 g/mol. The summed E-state index contributed by atoms with van der Waals surface area (Å²) >= 11 is 7.25. The molecule has 5 nitrogen and oxygen atoms in total. The zero-order valence-corrected chi connectivity index (χ0v) is 18.9. The summed E-state index contributed by atoms with van der Waals surface area (Å²) in [4.78, 5) is 19.3. The Labute approximate surface area is 198 Å². The molecule has 0 bridgehead atoms. The lowest BCUT2D eigenvalue weighted by molar-refractivity contribution is -0.137. The predicted molar refractivity (Wildman–Crippen MR) is 124 cm³/mol. The Kier molecular flexibility index (Phi) is 6.83. The molecule has 1 aliphatic rings. The number of fused-ring (bicyclic) bond motifs is 1. The van der Waals surface area contributed by atoms with Crippen LogP contribution in [0, 0.1) is 0 Å². The van der Waals surface area contributed by atoms with Crippen LogP contribution in [0.3, 0.4) is 0 Å². The van der Waals surface area contributed by atoms with Gasteiger partial charge in [0, 0.05) is 34.9 Å². The number of hydrogen-bond acceptors (Lipinski definition) is 5. The zero-order chi connectivity index (χ0) is 23.6. The third kappa shape index (κ3) is 5.43. The molecule has 0 saturated carbocycles. The fraction of sp³-hybridized carbons (Fsp3) is 0.217. The number of benzene rings is 2. The van der Waals surface area contributed by atoms with Crippen LogP contribution in [0.15, 0.2) is 59.6 Å². The Morgan fingerprint density at radius 1 is 1.21 bits per heavy atom. The second-order valence-electron chi connectivity index (χ2n) is 7.62. The number of halogens is 4. The molecule has 0 fully saturated rings. The molecule has 0 radical (unpaired) electrons. The van der Waals surface area contributed by atoms with Crippen LogP contribution in [0.5, 0.6) is 0 Å². The SMILES string of the molecule is NSc1cc(NC(=O)Cc2ccccc2Cl)cc2c1CCN(c1ccc(C(F)(F)F)cn1)C2. The van der Waals surface area contributed by atoms with Crippen LogP contribution in [-0.4, -0.2) is 17.4 Å². The van der Waals surface area contributed by atoms with Gasteiger partial charge in [0.15, 0.2) is 0 Å². The maximum Gasteiger partial charge on any atom is 0.417 e. The summed E-state index contributed by atoms with van der Waals surface area (Å²) in [5.41, 5.74) is 2.54. The van der Waals surface area contributed by atoms with Crippen LogP contribution >= 0.6 is 23.5 Å². The van der Waals surface area contributed by atoms with Gasteiger partial charge in [-0.3, -0.25) is 9.93 Å². The van der Waals surface area contributed by atoms with Gasteiger partial charge in [-0.2, -0.15) is 13.2 Å². The molecule has 10 heteroatoms. The molecular weight excluding hydrogens is 473 g/mol. The van der Waals surface area contributed by atoms with E-state index in [9.17, 15) is 18.0 Å². The number of carbonyl (C=O) groups excluding carboxylic acids is 1. The van der Waals surface area contributed by atoms with Crippen molar-refractivity contribution >= 4 is 41.0 Å². The molecule has 1 amide bonds. The third-order valence-corrected chi connectivity index (χ3v) is 6.40. The van der Waals surface area contributed by atoms with E-state index in [0.29, 0.717) is 36.0 Å². The molecule has 33 heavy (non-hydrogen) atoms. The number of alkyl halides is 3. The number of pyridine rings is 1. The Hall–Kier alpha value is -2.75. The van der Waals surface area contributed by atoms with E-state index in [4.69, 9.17) is 16.7 Å². The smallest absolute Gasteiger partial charge is 0.352 e. The van der Waals surface area contributed by atoms with Crippen molar-refractivity contribution in [2.75, 3.05) is 16.8 Å². The highest BCUT2D eigenvalue weighted by atomic mass is 35.5. The molecule has 0 atom stereocenters. The molecule has 0 saturated heterocycles. The van der Waals surface area contributed by atoms with Gasteiger partial charge in [0.25, 0.3) is 0 Å². The van der Waals surface area contributed by atoms with Gasteiger partial charge in [-0.05, 0) is 65.4 Å². The average Bonchev–Trinajstić information content (AvgIpc) is 2.79. The summed E-state index contributed by atoms with van der Waals surface area (Å²) in [5, 5.41) is 9.29. The molecule has 1 aromatic heterocycles. The number of hydrogen-bond donors (Lipinski definition) is 2. The second kappa shape index (κ2) is 9.62. The van der Waals surface area contributed by atoms with Gasteiger partial charge in [-0.1, -0.05) is 29.8 Å². The highest BCUT2D eigenvalue weighted by Gasteiger charge is 2.31. The van der Waals surface area contributed by atoms with Gasteiger partial charge in [-0.25, -0.2) is 4.98 Å². The monoisotopic (exact) mass is 492 g/mol. The predicted octanol–water partition coefficient (Wildman–Crippen LogP) is 5.46. The van der Waals surface area contributed by atoms with Crippen molar-refractivity contribution in [1.29, 1.82) is 0 Å². The van der Waals surface area contributed by atoms with Gasteiger partial charge in [0.2, 0.25) is 5.91 Å². The minimum absolute atomic E-state index is 0.128. The number of rotatable bonds is 5. The number of carbonyl (C=O) groups is 1. The van der Waals surface area contributed by atoms with Gasteiger partial charge >= 0.3 is 6.18 Å². The van der Waals surface area contributed by atoms with E-state index in [1.807, 2.05) is 23.1 Å². The number of nitrogens with two attached hydrogens (primary N) is 1. The third-order valence-electron chi connectivity index (χ3n) is 5.41. The first-order valence-electron chi connectivity index (χ1n) is 10.1. The molecule has 2 aromatic carbocycles. The molecule has 4 rings (SSSR count). The van der Waals surface area contributed by atoms with Gasteiger partial charge in [0.1, 0.15) is 5.82 Å². The van der Waals surface area contributed by atoms with Crippen LogP contribution in [0.25, 0.3) is 0 Å². The minimum Gasteiger partial charge on any atom is -0.352 e. The Bertz CT molecular complexity index is 1170. The maximum atomic E-state index is 12.8. The van der Waals surface area contributed by atoms with E-state index in [1.165, 1.54) is 6.07 Å². The molecule has 1 aliphatic heterocycles. The number of amides is 1. The number of aromatic nitrogens is 1. The van der Waals surface area contributed by atoms with E-state index in [1.54, 1.807) is 18.2 Å². The quantitative estimate of drug-likeness (QED) is 0.462. The molecule has 172 valence electrons. The van der Waals surface area contributed by atoms with Crippen molar-refractivity contribution in [2.45, 2.75) is 30.5 Å². The molecular formula is C23H20ClF3N4OS. The Morgan fingerprint density at radius 3 is 2.67 bits per heavy atom. The largest absolute Gasteiger partial charge is 0.417 e. The number of nitrogens with one attached hydrogen (secondary N) is 1. The summed E-state index contributed by atoms with van der Waals surface area (Å²) in [6, 6.07) is 13.3. The van der Waals surface area contributed by atoms with Crippen molar-refractivity contribution in [2.24, 2.45) is 5.14 Å².